The summed E-state index contributed by atoms with van der Waals surface area (Å²) < 4.78 is 10.5. The first-order valence-electron chi connectivity index (χ1n) is 8.54. The zero-order valence-corrected chi connectivity index (χ0v) is 15.2. The molecule has 7 nitrogen and oxygen atoms in total. The maximum absolute atomic E-state index is 12.7. The fraction of sp³-hybridized carbons (Fsp3) is 0.556. The number of carbonyl (C=O) groups is 2. The van der Waals surface area contributed by atoms with Crippen LogP contribution in [0.3, 0.4) is 0 Å². The molecule has 0 saturated carbocycles. The molecule has 0 unspecified atom stereocenters. The Labute approximate surface area is 148 Å². The molecule has 0 radical (unpaired) electrons. The van der Waals surface area contributed by atoms with Crippen molar-refractivity contribution in [2.24, 2.45) is 0 Å². The number of rotatable bonds is 7. The van der Waals surface area contributed by atoms with Gasteiger partial charge in [0, 0.05) is 38.2 Å². The van der Waals surface area contributed by atoms with Gasteiger partial charge in [-0.1, -0.05) is 0 Å². The van der Waals surface area contributed by atoms with Crippen LogP contribution in [0.2, 0.25) is 0 Å². The third kappa shape index (κ3) is 4.85. The number of benzene rings is 1. The minimum Gasteiger partial charge on any atom is -0.493 e. The van der Waals surface area contributed by atoms with E-state index in [2.05, 4.69) is 5.32 Å². The second kappa shape index (κ2) is 9.27. The summed E-state index contributed by atoms with van der Waals surface area (Å²) in [4.78, 5) is 28.4. The standard InChI is InChI=1S/C18H27N3O4/c1-19-8-4-5-17(22)20-9-11-21(12-10-20)18(23)14-6-7-15(24-2)16(13-14)25-3/h6-7,13,19H,4-5,8-12H2,1-3H3. The van der Waals surface area contributed by atoms with Crippen LogP contribution < -0.4 is 14.8 Å². The molecule has 0 atom stereocenters. The van der Waals surface area contributed by atoms with Gasteiger partial charge in [0.05, 0.1) is 14.2 Å². The van der Waals surface area contributed by atoms with Gasteiger partial charge in [0.1, 0.15) is 0 Å². The largest absolute Gasteiger partial charge is 0.493 e. The van der Waals surface area contributed by atoms with Crippen molar-refractivity contribution in [2.45, 2.75) is 12.8 Å². The van der Waals surface area contributed by atoms with E-state index in [0.717, 1.165) is 13.0 Å². The van der Waals surface area contributed by atoms with Crippen LogP contribution in [0.1, 0.15) is 23.2 Å². The van der Waals surface area contributed by atoms with E-state index in [0.29, 0.717) is 49.7 Å². The summed E-state index contributed by atoms with van der Waals surface area (Å²) in [5.74, 6) is 1.24. The number of ether oxygens (including phenoxy) is 2. The van der Waals surface area contributed by atoms with Crippen LogP contribution in [0, 0.1) is 0 Å². The van der Waals surface area contributed by atoms with E-state index >= 15 is 0 Å². The molecule has 1 N–H and O–H groups in total. The van der Waals surface area contributed by atoms with Gasteiger partial charge in [-0.05, 0) is 38.2 Å². The molecule has 0 aromatic heterocycles. The number of amides is 2. The predicted octanol–water partition coefficient (Wildman–Crippen LogP) is 0.988. The van der Waals surface area contributed by atoms with Gasteiger partial charge in [-0.3, -0.25) is 9.59 Å². The van der Waals surface area contributed by atoms with Crippen molar-refractivity contribution in [3.63, 3.8) is 0 Å². The fourth-order valence-corrected chi connectivity index (χ4v) is 2.89. The van der Waals surface area contributed by atoms with Crippen LogP contribution in [0.15, 0.2) is 18.2 Å². The number of nitrogens with one attached hydrogen (secondary N) is 1. The summed E-state index contributed by atoms with van der Waals surface area (Å²) in [6, 6.07) is 5.16. The van der Waals surface area contributed by atoms with Crippen molar-refractivity contribution in [2.75, 3.05) is 54.0 Å². The van der Waals surface area contributed by atoms with Crippen LogP contribution in [0.4, 0.5) is 0 Å². The second-order valence-corrected chi connectivity index (χ2v) is 5.95. The van der Waals surface area contributed by atoms with Gasteiger partial charge in [0.25, 0.3) is 5.91 Å². The van der Waals surface area contributed by atoms with E-state index in [1.54, 1.807) is 37.3 Å². The van der Waals surface area contributed by atoms with E-state index in [9.17, 15) is 9.59 Å². The lowest BCUT2D eigenvalue weighted by atomic mass is 10.1. The molecule has 138 valence electrons. The highest BCUT2D eigenvalue weighted by molar-refractivity contribution is 5.95. The third-order valence-corrected chi connectivity index (χ3v) is 4.37. The zero-order valence-electron chi connectivity index (χ0n) is 15.2. The second-order valence-electron chi connectivity index (χ2n) is 5.95. The van der Waals surface area contributed by atoms with Crippen molar-refractivity contribution in [1.82, 2.24) is 15.1 Å². The Morgan fingerprint density at radius 3 is 2.28 bits per heavy atom. The maximum Gasteiger partial charge on any atom is 0.254 e. The quantitative estimate of drug-likeness (QED) is 0.744. The monoisotopic (exact) mass is 349 g/mol. The molecule has 0 bridgehead atoms. The molecule has 1 fully saturated rings. The Hall–Kier alpha value is -2.28. The molecule has 1 aliphatic rings. The molecular weight excluding hydrogens is 322 g/mol. The van der Waals surface area contributed by atoms with Gasteiger partial charge in [-0.15, -0.1) is 0 Å². The van der Waals surface area contributed by atoms with Crippen LogP contribution in [0.5, 0.6) is 11.5 Å². The summed E-state index contributed by atoms with van der Waals surface area (Å²) in [6.45, 7) is 3.09. The molecule has 2 amide bonds. The van der Waals surface area contributed by atoms with Crippen molar-refractivity contribution in [1.29, 1.82) is 0 Å². The molecule has 2 rings (SSSR count). The minimum absolute atomic E-state index is 0.0526. The van der Waals surface area contributed by atoms with Gasteiger partial charge < -0.3 is 24.6 Å². The first kappa shape index (κ1) is 19.1. The van der Waals surface area contributed by atoms with E-state index in [1.807, 2.05) is 11.9 Å². The average molecular weight is 349 g/mol. The molecule has 0 spiro atoms. The zero-order chi connectivity index (χ0) is 18.2. The first-order chi connectivity index (χ1) is 12.1. The number of piperazine rings is 1. The van der Waals surface area contributed by atoms with E-state index < -0.39 is 0 Å². The van der Waals surface area contributed by atoms with Crippen molar-refractivity contribution < 1.29 is 19.1 Å². The third-order valence-electron chi connectivity index (χ3n) is 4.37. The number of methoxy groups -OCH3 is 2. The van der Waals surface area contributed by atoms with Gasteiger partial charge in [0.2, 0.25) is 5.91 Å². The Bertz CT molecular complexity index is 598. The van der Waals surface area contributed by atoms with Crippen LogP contribution in [-0.2, 0) is 4.79 Å². The number of nitrogens with zero attached hydrogens (tertiary/aromatic N) is 2. The van der Waals surface area contributed by atoms with Gasteiger partial charge >= 0.3 is 0 Å². The highest BCUT2D eigenvalue weighted by Crippen LogP contribution is 2.28. The Morgan fingerprint density at radius 1 is 1.04 bits per heavy atom. The summed E-state index contributed by atoms with van der Waals surface area (Å²) in [5.41, 5.74) is 0.562. The molecular formula is C18H27N3O4. The number of carbonyl (C=O) groups excluding carboxylic acids is 2. The van der Waals surface area contributed by atoms with Crippen LogP contribution >= 0.6 is 0 Å². The van der Waals surface area contributed by atoms with E-state index in [1.165, 1.54) is 0 Å². The molecule has 0 aliphatic carbocycles. The van der Waals surface area contributed by atoms with Crippen molar-refractivity contribution >= 4 is 11.8 Å². The maximum atomic E-state index is 12.7. The predicted molar refractivity (Wildman–Crippen MR) is 95.2 cm³/mol. The van der Waals surface area contributed by atoms with Gasteiger partial charge in [0.15, 0.2) is 11.5 Å². The summed E-state index contributed by atoms with van der Waals surface area (Å²) in [5, 5.41) is 3.04. The average Bonchev–Trinajstić information content (AvgIpc) is 2.67. The van der Waals surface area contributed by atoms with Crippen LogP contribution in [0.25, 0.3) is 0 Å². The normalized spacial score (nSPS) is 14.4. The van der Waals surface area contributed by atoms with E-state index in [4.69, 9.17) is 9.47 Å². The molecule has 1 saturated heterocycles. The van der Waals surface area contributed by atoms with Crippen molar-refractivity contribution in [3.8, 4) is 11.5 Å². The smallest absolute Gasteiger partial charge is 0.254 e. The van der Waals surface area contributed by atoms with Crippen molar-refractivity contribution in [3.05, 3.63) is 23.8 Å². The highest BCUT2D eigenvalue weighted by Gasteiger charge is 2.25. The number of hydrogen-bond donors (Lipinski definition) is 1. The Morgan fingerprint density at radius 2 is 1.68 bits per heavy atom. The summed E-state index contributed by atoms with van der Waals surface area (Å²) >= 11 is 0. The molecule has 1 aromatic rings. The molecule has 25 heavy (non-hydrogen) atoms. The fourth-order valence-electron chi connectivity index (χ4n) is 2.89. The Kier molecular flexibility index (Phi) is 7.06. The lowest BCUT2D eigenvalue weighted by Crippen LogP contribution is -2.50. The van der Waals surface area contributed by atoms with Crippen LogP contribution in [-0.4, -0.2) is 75.6 Å². The van der Waals surface area contributed by atoms with E-state index in [-0.39, 0.29) is 11.8 Å². The SMILES string of the molecule is CNCCCC(=O)N1CCN(C(=O)c2ccc(OC)c(OC)c2)CC1. The molecule has 1 aromatic carbocycles. The summed E-state index contributed by atoms with van der Waals surface area (Å²) in [6.07, 6.45) is 1.38. The first-order valence-corrected chi connectivity index (χ1v) is 8.54. The minimum atomic E-state index is -0.0526. The molecule has 7 heteroatoms. The highest BCUT2D eigenvalue weighted by atomic mass is 16.5. The van der Waals surface area contributed by atoms with Gasteiger partial charge in [-0.25, -0.2) is 0 Å². The Balaban J connectivity index is 1.92. The van der Waals surface area contributed by atoms with Gasteiger partial charge in [-0.2, -0.15) is 0 Å². The molecule has 1 aliphatic heterocycles. The topological polar surface area (TPSA) is 71.1 Å². The molecule has 1 heterocycles. The lowest BCUT2D eigenvalue weighted by molar-refractivity contribution is -0.132. The lowest BCUT2D eigenvalue weighted by Gasteiger charge is -2.35. The summed E-state index contributed by atoms with van der Waals surface area (Å²) in [7, 11) is 4.99. The number of hydrogen-bond acceptors (Lipinski definition) is 5.